The molecule has 0 bridgehead atoms. The van der Waals surface area contributed by atoms with E-state index in [9.17, 15) is 9.90 Å². The van der Waals surface area contributed by atoms with Crippen molar-refractivity contribution in [2.24, 2.45) is 0 Å². The highest BCUT2D eigenvalue weighted by molar-refractivity contribution is 7.99. The van der Waals surface area contributed by atoms with E-state index < -0.39 is 6.10 Å². The van der Waals surface area contributed by atoms with Crippen LogP contribution in [0.5, 0.6) is 5.75 Å². The summed E-state index contributed by atoms with van der Waals surface area (Å²) in [7, 11) is 0. The molecule has 8 heteroatoms. The van der Waals surface area contributed by atoms with Crippen molar-refractivity contribution < 1.29 is 14.6 Å². The molecule has 32 heavy (non-hydrogen) atoms. The number of aromatic nitrogens is 3. The Balaban J connectivity index is 1.41. The number of carbonyl (C=O) groups is 1. The molecule has 0 fully saturated rings. The van der Waals surface area contributed by atoms with Crippen LogP contribution in [0.25, 0.3) is 16.4 Å². The number of thiophene rings is 1. The monoisotopic (exact) mass is 465 g/mol. The quantitative estimate of drug-likeness (QED) is 0.259. The first-order valence-corrected chi connectivity index (χ1v) is 12.1. The maximum Gasteiger partial charge on any atom is 0.196 e. The molecule has 0 aliphatic heterocycles. The van der Waals surface area contributed by atoms with Gasteiger partial charge in [-0.25, -0.2) is 0 Å². The van der Waals surface area contributed by atoms with E-state index in [1.165, 1.54) is 11.8 Å². The van der Waals surface area contributed by atoms with Crippen LogP contribution in [0.15, 0.2) is 77.3 Å². The van der Waals surface area contributed by atoms with E-state index >= 15 is 0 Å². The van der Waals surface area contributed by atoms with Crippen molar-refractivity contribution in [2.45, 2.75) is 24.6 Å². The average Bonchev–Trinajstić information content (AvgIpc) is 3.51. The van der Waals surface area contributed by atoms with Crippen molar-refractivity contribution >= 4 is 28.9 Å². The fraction of sp³-hybridized carbons (Fsp3) is 0.208. The zero-order chi connectivity index (χ0) is 22.3. The number of aliphatic hydroxyl groups is 1. The molecular formula is C24H23N3O3S2. The van der Waals surface area contributed by atoms with Gasteiger partial charge >= 0.3 is 0 Å². The average molecular weight is 466 g/mol. The SMILES string of the molecule is CCC(=O)c1ccc(OC[C@H](O)CSc2nnc(-c3cccs3)n2-c2ccccc2)cc1. The lowest BCUT2D eigenvalue weighted by molar-refractivity contribution is 0.0987. The Morgan fingerprint density at radius 1 is 1.09 bits per heavy atom. The van der Waals surface area contributed by atoms with Crippen molar-refractivity contribution in [2.75, 3.05) is 12.4 Å². The maximum absolute atomic E-state index is 11.7. The molecule has 164 valence electrons. The Morgan fingerprint density at radius 2 is 1.88 bits per heavy atom. The highest BCUT2D eigenvalue weighted by Gasteiger charge is 2.18. The third-order valence-electron chi connectivity index (χ3n) is 4.73. The van der Waals surface area contributed by atoms with Gasteiger partial charge in [-0.2, -0.15) is 0 Å². The fourth-order valence-corrected chi connectivity index (χ4v) is 4.65. The minimum Gasteiger partial charge on any atom is -0.491 e. The standard InChI is InChI=1S/C24H23N3O3S2/c1-2-21(29)17-10-12-20(13-11-17)30-15-19(28)16-32-24-26-25-23(22-9-6-14-31-22)27(24)18-7-4-3-5-8-18/h3-14,19,28H,2,15-16H2,1H3/t19-/m0/s1. The molecule has 2 aromatic carbocycles. The number of ketones is 1. The van der Waals surface area contributed by atoms with E-state index in [1.54, 1.807) is 35.6 Å². The lowest BCUT2D eigenvalue weighted by Crippen LogP contribution is -2.20. The number of para-hydroxylation sites is 1. The zero-order valence-electron chi connectivity index (χ0n) is 17.5. The van der Waals surface area contributed by atoms with Gasteiger partial charge in [0.25, 0.3) is 0 Å². The van der Waals surface area contributed by atoms with E-state index in [2.05, 4.69) is 10.2 Å². The van der Waals surface area contributed by atoms with Crippen LogP contribution in [0.4, 0.5) is 0 Å². The van der Waals surface area contributed by atoms with Gasteiger partial charge in [0.1, 0.15) is 12.4 Å². The summed E-state index contributed by atoms with van der Waals surface area (Å²) in [4.78, 5) is 12.8. The van der Waals surface area contributed by atoms with Gasteiger partial charge in [-0.15, -0.1) is 21.5 Å². The molecule has 0 aliphatic rings. The van der Waals surface area contributed by atoms with Gasteiger partial charge in [0.05, 0.1) is 11.0 Å². The number of hydrogen-bond donors (Lipinski definition) is 1. The number of Topliss-reactive ketones (excluding diaryl/α,β-unsaturated/α-hetero) is 1. The van der Waals surface area contributed by atoms with Crippen molar-refractivity contribution in [3.8, 4) is 22.1 Å². The number of aliphatic hydroxyl groups excluding tert-OH is 1. The van der Waals surface area contributed by atoms with E-state index in [1.807, 2.05) is 59.3 Å². The molecule has 0 unspecified atom stereocenters. The summed E-state index contributed by atoms with van der Waals surface area (Å²) in [5, 5.41) is 21.9. The summed E-state index contributed by atoms with van der Waals surface area (Å²) >= 11 is 3.04. The molecule has 0 radical (unpaired) electrons. The van der Waals surface area contributed by atoms with Gasteiger partial charge in [0, 0.05) is 23.4 Å². The summed E-state index contributed by atoms with van der Waals surface area (Å²) in [6.07, 6.45) is -0.221. The molecule has 6 nitrogen and oxygen atoms in total. The molecular weight excluding hydrogens is 442 g/mol. The smallest absolute Gasteiger partial charge is 0.196 e. The third-order valence-corrected chi connectivity index (χ3v) is 6.67. The largest absolute Gasteiger partial charge is 0.491 e. The van der Waals surface area contributed by atoms with Crippen LogP contribution < -0.4 is 4.74 Å². The number of hydrogen-bond acceptors (Lipinski definition) is 7. The van der Waals surface area contributed by atoms with E-state index in [0.29, 0.717) is 28.6 Å². The Bertz CT molecular complexity index is 1140. The molecule has 0 saturated carbocycles. The van der Waals surface area contributed by atoms with Crippen molar-refractivity contribution in [3.63, 3.8) is 0 Å². The van der Waals surface area contributed by atoms with Crippen LogP contribution >= 0.6 is 23.1 Å². The number of carbonyl (C=O) groups excluding carboxylic acids is 1. The van der Waals surface area contributed by atoms with E-state index in [4.69, 9.17) is 4.74 Å². The highest BCUT2D eigenvalue weighted by Crippen LogP contribution is 2.30. The minimum absolute atomic E-state index is 0.0948. The first-order valence-electron chi connectivity index (χ1n) is 10.3. The fourth-order valence-electron chi connectivity index (χ4n) is 3.09. The highest BCUT2D eigenvalue weighted by atomic mass is 32.2. The van der Waals surface area contributed by atoms with Crippen molar-refractivity contribution in [1.29, 1.82) is 0 Å². The van der Waals surface area contributed by atoms with Crippen LogP contribution in [-0.2, 0) is 0 Å². The normalized spacial score (nSPS) is 11.9. The van der Waals surface area contributed by atoms with Crippen molar-refractivity contribution in [3.05, 3.63) is 77.7 Å². The van der Waals surface area contributed by atoms with Gasteiger partial charge in [0.2, 0.25) is 0 Å². The van der Waals surface area contributed by atoms with Gasteiger partial charge < -0.3 is 9.84 Å². The van der Waals surface area contributed by atoms with E-state index in [-0.39, 0.29) is 12.4 Å². The molecule has 4 rings (SSSR count). The predicted molar refractivity (Wildman–Crippen MR) is 128 cm³/mol. The molecule has 2 aromatic heterocycles. The van der Waals surface area contributed by atoms with Crippen LogP contribution in [0, 0.1) is 0 Å². The molecule has 1 N–H and O–H groups in total. The van der Waals surface area contributed by atoms with Crippen LogP contribution in [0.3, 0.4) is 0 Å². The summed E-state index contributed by atoms with van der Waals surface area (Å²) in [5.74, 6) is 1.90. The molecule has 0 amide bonds. The van der Waals surface area contributed by atoms with Gasteiger partial charge in [-0.1, -0.05) is 43.0 Å². The number of nitrogens with zero attached hydrogens (tertiary/aromatic N) is 3. The summed E-state index contributed by atoms with van der Waals surface area (Å²) in [6.45, 7) is 1.98. The molecule has 4 aromatic rings. The minimum atomic E-state index is -0.692. The predicted octanol–water partition coefficient (Wildman–Crippen LogP) is 5.12. The second-order valence-electron chi connectivity index (χ2n) is 7.03. The second kappa shape index (κ2) is 10.6. The van der Waals surface area contributed by atoms with Crippen LogP contribution in [0.1, 0.15) is 23.7 Å². The Hall–Kier alpha value is -2.94. The first-order chi connectivity index (χ1) is 15.7. The van der Waals surface area contributed by atoms with Gasteiger partial charge in [-0.05, 0) is 47.8 Å². The van der Waals surface area contributed by atoms with Crippen LogP contribution in [-0.4, -0.2) is 44.1 Å². The first kappa shape index (κ1) is 22.3. The molecule has 0 spiro atoms. The molecule has 1 atom stereocenters. The topological polar surface area (TPSA) is 77.2 Å². The lowest BCUT2D eigenvalue weighted by Gasteiger charge is -2.13. The maximum atomic E-state index is 11.7. The third kappa shape index (κ3) is 5.27. The number of benzene rings is 2. The zero-order valence-corrected chi connectivity index (χ0v) is 19.2. The summed E-state index contributed by atoms with van der Waals surface area (Å²) in [5.41, 5.74) is 1.63. The van der Waals surface area contributed by atoms with Crippen LogP contribution in [0.2, 0.25) is 0 Å². The Morgan fingerprint density at radius 3 is 2.56 bits per heavy atom. The molecule has 2 heterocycles. The van der Waals surface area contributed by atoms with Gasteiger partial charge in [-0.3, -0.25) is 9.36 Å². The number of ether oxygens (including phenoxy) is 1. The lowest BCUT2D eigenvalue weighted by atomic mass is 10.1. The number of rotatable bonds is 10. The van der Waals surface area contributed by atoms with E-state index in [0.717, 1.165) is 16.4 Å². The second-order valence-corrected chi connectivity index (χ2v) is 8.97. The summed E-state index contributed by atoms with van der Waals surface area (Å²) < 4.78 is 7.70. The molecule has 0 aliphatic carbocycles. The summed E-state index contributed by atoms with van der Waals surface area (Å²) in [6, 6.07) is 20.9. The Kier molecular flexibility index (Phi) is 7.36. The molecule has 0 saturated heterocycles. The number of thioether (sulfide) groups is 1. The Labute approximate surface area is 194 Å². The van der Waals surface area contributed by atoms with Crippen molar-refractivity contribution in [1.82, 2.24) is 14.8 Å². The van der Waals surface area contributed by atoms with Gasteiger partial charge in [0.15, 0.2) is 16.8 Å².